The van der Waals surface area contributed by atoms with Gasteiger partial charge in [-0.15, -0.1) is 0 Å². The van der Waals surface area contributed by atoms with Crippen LogP contribution < -0.4 is 9.47 Å². The van der Waals surface area contributed by atoms with E-state index in [-0.39, 0.29) is 17.9 Å². The molecule has 0 unspecified atom stereocenters. The molecular weight excluding hydrogens is 410 g/mol. The second-order valence-electron chi connectivity index (χ2n) is 6.92. The highest BCUT2D eigenvalue weighted by Gasteiger charge is 2.47. The summed E-state index contributed by atoms with van der Waals surface area (Å²) < 4.78 is 10.7. The smallest absolute Gasteiger partial charge is 0.295 e. The Morgan fingerprint density at radius 1 is 1.13 bits per heavy atom. The van der Waals surface area contributed by atoms with Crippen LogP contribution in [0.1, 0.15) is 24.1 Å². The minimum Gasteiger partial charge on any atom is -0.507 e. The number of Topliss-reactive ketones (excluding diaryl/α,β-unsaturated/α-hetero) is 1. The summed E-state index contributed by atoms with van der Waals surface area (Å²) in [6, 6.07) is 10.3. The second-order valence-corrected chi connectivity index (χ2v) is 7.35. The Hall–Kier alpha value is -3.03. The average molecular weight is 432 g/mol. The van der Waals surface area contributed by atoms with Gasteiger partial charge in [-0.25, -0.2) is 0 Å². The van der Waals surface area contributed by atoms with Gasteiger partial charge in [-0.2, -0.15) is 0 Å². The zero-order valence-corrected chi connectivity index (χ0v) is 17.5. The zero-order valence-electron chi connectivity index (χ0n) is 16.8. The molecule has 1 fully saturated rings. The zero-order chi connectivity index (χ0) is 22.0. The Morgan fingerprint density at radius 2 is 1.80 bits per heavy atom. The topological polar surface area (TPSA) is 96.3 Å². The minimum absolute atomic E-state index is 0.102. The summed E-state index contributed by atoms with van der Waals surface area (Å²) in [5, 5.41) is 21.4. The number of amides is 1. The van der Waals surface area contributed by atoms with Gasteiger partial charge >= 0.3 is 0 Å². The fraction of sp³-hybridized carbons (Fsp3) is 0.273. The lowest BCUT2D eigenvalue weighted by molar-refractivity contribution is -0.140. The quantitative estimate of drug-likeness (QED) is 0.414. The summed E-state index contributed by atoms with van der Waals surface area (Å²) in [7, 11) is 2.96. The molecule has 0 bridgehead atoms. The maximum absolute atomic E-state index is 12.9. The molecular formula is C22H22ClNO6. The van der Waals surface area contributed by atoms with E-state index in [1.165, 1.54) is 26.0 Å². The van der Waals surface area contributed by atoms with E-state index in [0.717, 1.165) is 0 Å². The summed E-state index contributed by atoms with van der Waals surface area (Å²) in [6.07, 6.45) is -0.891. The normalized spacial score (nSPS) is 19.1. The van der Waals surface area contributed by atoms with E-state index in [1.54, 1.807) is 42.5 Å². The van der Waals surface area contributed by atoms with Crippen molar-refractivity contribution in [2.45, 2.75) is 19.1 Å². The van der Waals surface area contributed by atoms with Gasteiger partial charge in [0.05, 0.1) is 31.9 Å². The number of benzene rings is 2. The van der Waals surface area contributed by atoms with E-state index in [2.05, 4.69) is 0 Å². The lowest BCUT2D eigenvalue weighted by Gasteiger charge is -2.27. The molecule has 7 nitrogen and oxygen atoms in total. The van der Waals surface area contributed by atoms with Crippen LogP contribution in [0.3, 0.4) is 0 Å². The summed E-state index contributed by atoms with van der Waals surface area (Å²) in [4.78, 5) is 27.0. The number of ether oxygens (including phenoxy) is 2. The van der Waals surface area contributed by atoms with Gasteiger partial charge in [0.1, 0.15) is 17.3 Å². The van der Waals surface area contributed by atoms with Gasteiger partial charge in [-0.3, -0.25) is 9.59 Å². The summed E-state index contributed by atoms with van der Waals surface area (Å²) >= 11 is 5.92. The number of hydrogen-bond acceptors (Lipinski definition) is 6. The number of carbonyl (C=O) groups excluding carboxylic acids is 2. The molecule has 1 amide bonds. The number of hydrogen-bond donors (Lipinski definition) is 2. The van der Waals surface area contributed by atoms with Gasteiger partial charge in [0.25, 0.3) is 11.7 Å². The number of β-amino-alcohol motifs (C(OH)–C–C–N with tert-alkyl or cyclic N) is 1. The van der Waals surface area contributed by atoms with E-state index in [9.17, 15) is 19.8 Å². The van der Waals surface area contributed by atoms with Crippen LogP contribution in [-0.4, -0.2) is 53.7 Å². The predicted molar refractivity (Wildman–Crippen MR) is 112 cm³/mol. The van der Waals surface area contributed by atoms with Crippen LogP contribution in [0.25, 0.3) is 5.76 Å². The number of likely N-dealkylation sites (tertiary alicyclic amines) is 1. The van der Waals surface area contributed by atoms with Crippen molar-refractivity contribution in [1.82, 2.24) is 4.90 Å². The number of ketones is 1. The molecule has 0 saturated carbocycles. The molecule has 2 N–H and O–H groups in total. The van der Waals surface area contributed by atoms with Gasteiger partial charge in [0.2, 0.25) is 0 Å². The van der Waals surface area contributed by atoms with Crippen molar-refractivity contribution >= 4 is 29.1 Å². The fourth-order valence-corrected chi connectivity index (χ4v) is 3.62. The van der Waals surface area contributed by atoms with Crippen molar-refractivity contribution in [3.63, 3.8) is 0 Å². The first-order valence-electron chi connectivity index (χ1n) is 9.22. The molecule has 8 heteroatoms. The third kappa shape index (κ3) is 3.99. The van der Waals surface area contributed by atoms with Crippen molar-refractivity contribution in [3.8, 4) is 11.5 Å². The molecule has 0 aliphatic carbocycles. The second kappa shape index (κ2) is 8.77. The van der Waals surface area contributed by atoms with Crippen molar-refractivity contribution in [3.05, 3.63) is 64.2 Å². The lowest BCUT2D eigenvalue weighted by atomic mass is 9.94. The monoisotopic (exact) mass is 431 g/mol. The van der Waals surface area contributed by atoms with Gasteiger partial charge in [-0.05, 0) is 49.4 Å². The summed E-state index contributed by atoms with van der Waals surface area (Å²) in [5.74, 6) is -1.12. The molecule has 158 valence electrons. The number of nitrogens with zero attached hydrogens (tertiary/aromatic N) is 1. The highest BCUT2D eigenvalue weighted by Crippen LogP contribution is 2.43. The molecule has 0 radical (unpaired) electrons. The molecule has 30 heavy (non-hydrogen) atoms. The van der Waals surface area contributed by atoms with Crippen LogP contribution in [0, 0.1) is 0 Å². The van der Waals surface area contributed by atoms with Gasteiger partial charge in [-0.1, -0.05) is 11.6 Å². The molecule has 1 saturated heterocycles. The highest BCUT2D eigenvalue weighted by atomic mass is 35.5. The fourth-order valence-electron chi connectivity index (χ4n) is 3.49. The standard InChI is InChI=1S/C22H22ClNO6/c1-12(25)11-24-19(16-10-15(29-2)8-9-17(16)30-3)18(21(27)22(24)28)20(26)13-4-6-14(23)7-5-13/h4-10,12,19,25-26H,11H2,1-3H3/t12-,19-/m0/s1. The molecule has 2 aromatic rings. The van der Waals surface area contributed by atoms with Gasteiger partial charge < -0.3 is 24.6 Å². The van der Waals surface area contributed by atoms with E-state index in [0.29, 0.717) is 27.6 Å². The van der Waals surface area contributed by atoms with E-state index < -0.39 is 23.8 Å². The van der Waals surface area contributed by atoms with Gasteiger partial charge in [0.15, 0.2) is 0 Å². The third-order valence-electron chi connectivity index (χ3n) is 4.85. The number of rotatable bonds is 6. The highest BCUT2D eigenvalue weighted by molar-refractivity contribution is 6.46. The van der Waals surface area contributed by atoms with E-state index in [1.807, 2.05) is 0 Å². The molecule has 3 rings (SSSR count). The molecule has 2 atom stereocenters. The maximum Gasteiger partial charge on any atom is 0.295 e. The summed E-state index contributed by atoms with van der Waals surface area (Å²) in [5.41, 5.74) is 0.683. The Morgan fingerprint density at radius 3 is 2.37 bits per heavy atom. The van der Waals surface area contributed by atoms with E-state index >= 15 is 0 Å². The molecule has 2 aromatic carbocycles. The van der Waals surface area contributed by atoms with Crippen molar-refractivity contribution in [2.75, 3.05) is 20.8 Å². The number of aliphatic hydroxyl groups excluding tert-OH is 2. The minimum atomic E-state index is -0.972. The van der Waals surface area contributed by atoms with Crippen LogP contribution in [0.4, 0.5) is 0 Å². The first kappa shape index (κ1) is 21.7. The lowest BCUT2D eigenvalue weighted by Crippen LogP contribution is -2.35. The number of carbonyl (C=O) groups is 2. The van der Waals surface area contributed by atoms with Crippen molar-refractivity contribution in [2.24, 2.45) is 0 Å². The molecule has 1 aliphatic heterocycles. The first-order valence-corrected chi connectivity index (χ1v) is 9.60. The van der Waals surface area contributed by atoms with Gasteiger partial charge in [0, 0.05) is 22.7 Å². The van der Waals surface area contributed by atoms with E-state index in [4.69, 9.17) is 21.1 Å². The third-order valence-corrected chi connectivity index (χ3v) is 5.10. The molecule has 1 aliphatic rings. The molecule has 0 aromatic heterocycles. The molecule has 0 spiro atoms. The van der Waals surface area contributed by atoms with Crippen molar-refractivity contribution < 1.29 is 29.3 Å². The Balaban J connectivity index is 2.27. The Labute approximate surface area is 179 Å². The van der Waals surface area contributed by atoms with Crippen LogP contribution in [-0.2, 0) is 9.59 Å². The van der Waals surface area contributed by atoms with Crippen LogP contribution >= 0.6 is 11.6 Å². The summed E-state index contributed by atoms with van der Waals surface area (Å²) in [6.45, 7) is 1.41. The number of halogens is 1. The van der Waals surface area contributed by atoms with Crippen molar-refractivity contribution in [1.29, 1.82) is 0 Å². The first-order chi connectivity index (χ1) is 14.3. The van der Waals surface area contributed by atoms with Crippen LogP contribution in [0.2, 0.25) is 5.02 Å². The number of aliphatic hydroxyl groups is 2. The average Bonchev–Trinajstić information content (AvgIpc) is 2.97. The molecule has 1 heterocycles. The number of methoxy groups -OCH3 is 2. The Bertz CT molecular complexity index is 999. The van der Waals surface area contributed by atoms with Crippen LogP contribution in [0.15, 0.2) is 48.0 Å². The maximum atomic E-state index is 12.9. The largest absolute Gasteiger partial charge is 0.507 e. The Kier molecular flexibility index (Phi) is 6.34. The van der Waals surface area contributed by atoms with Crippen LogP contribution in [0.5, 0.6) is 11.5 Å². The SMILES string of the molecule is COc1ccc(OC)c([C@H]2C(=C(O)c3ccc(Cl)cc3)C(=O)C(=O)N2C[C@H](C)O)c1. The predicted octanol–water partition coefficient (Wildman–Crippen LogP) is 3.16.